The summed E-state index contributed by atoms with van der Waals surface area (Å²) in [6.07, 6.45) is 3.08. The molecule has 0 unspecified atom stereocenters. The summed E-state index contributed by atoms with van der Waals surface area (Å²) in [5.74, 6) is 0. The number of ether oxygens (including phenoxy) is 1. The van der Waals surface area contributed by atoms with Crippen molar-refractivity contribution in [1.29, 1.82) is 0 Å². The third-order valence-corrected chi connectivity index (χ3v) is 2.70. The van der Waals surface area contributed by atoms with Gasteiger partial charge in [0.15, 0.2) is 0 Å². The molecule has 0 aromatic heterocycles. The highest BCUT2D eigenvalue weighted by atomic mass is 16.5. The summed E-state index contributed by atoms with van der Waals surface area (Å²) in [6, 6.07) is 0.520. The zero-order valence-electron chi connectivity index (χ0n) is 8.34. The predicted molar refractivity (Wildman–Crippen MR) is 51.0 cm³/mol. The van der Waals surface area contributed by atoms with Gasteiger partial charge in [0, 0.05) is 6.04 Å². The van der Waals surface area contributed by atoms with E-state index in [0.717, 1.165) is 19.6 Å². The maximum atomic E-state index is 5.27. The van der Waals surface area contributed by atoms with E-state index >= 15 is 0 Å². The van der Waals surface area contributed by atoms with E-state index in [4.69, 9.17) is 4.74 Å². The molecule has 1 saturated heterocycles. The summed E-state index contributed by atoms with van der Waals surface area (Å²) in [6.45, 7) is 12.2. The van der Waals surface area contributed by atoms with Crippen LogP contribution in [-0.4, -0.2) is 29.7 Å². The van der Waals surface area contributed by atoms with Crippen LogP contribution in [0, 0.1) is 0 Å². The van der Waals surface area contributed by atoms with Crippen LogP contribution in [0.15, 0.2) is 12.8 Å². The summed E-state index contributed by atoms with van der Waals surface area (Å²) >= 11 is 0. The van der Waals surface area contributed by atoms with Gasteiger partial charge in [0.05, 0.1) is 18.8 Å². The van der Waals surface area contributed by atoms with Gasteiger partial charge in [-0.05, 0) is 26.5 Å². The maximum Gasteiger partial charge on any atom is 0.0862 e. The van der Waals surface area contributed by atoms with Gasteiger partial charge in [-0.3, -0.25) is 0 Å². The highest BCUT2D eigenvalue weighted by Crippen LogP contribution is 2.30. The lowest BCUT2D eigenvalue weighted by molar-refractivity contribution is -0.134. The number of rotatable bonds is 4. The predicted octanol–water partition coefficient (Wildman–Crippen LogP) is 2.02. The van der Waals surface area contributed by atoms with Gasteiger partial charge in [0.1, 0.15) is 0 Å². The smallest absolute Gasteiger partial charge is 0.0862 e. The lowest BCUT2D eigenvalue weighted by Gasteiger charge is -2.51. The first-order chi connectivity index (χ1) is 5.66. The fraction of sp³-hybridized carbons (Fsp3) is 0.800. The first-order valence-electron chi connectivity index (χ1n) is 4.65. The van der Waals surface area contributed by atoms with Crippen LogP contribution in [0.2, 0.25) is 0 Å². The highest BCUT2D eigenvalue weighted by molar-refractivity contribution is 5.00. The minimum Gasteiger partial charge on any atom is -0.376 e. The van der Waals surface area contributed by atoms with Crippen LogP contribution in [0.25, 0.3) is 0 Å². The van der Waals surface area contributed by atoms with Crippen LogP contribution in [0.4, 0.5) is 0 Å². The molecule has 0 saturated carbocycles. The summed E-state index contributed by atoms with van der Waals surface area (Å²) in [4.78, 5) is 2.32. The fourth-order valence-corrected chi connectivity index (χ4v) is 1.83. The standard InChI is InChI=1S/C10H19NO/c1-5-10(7-12-8-10)11(6-2)9(3)4/h6,9H,2,5,7-8H2,1,3-4H3. The van der Waals surface area contributed by atoms with E-state index in [9.17, 15) is 0 Å². The van der Waals surface area contributed by atoms with Crippen molar-refractivity contribution in [3.05, 3.63) is 12.8 Å². The Bertz CT molecular complexity index is 156. The average Bonchev–Trinajstić information content (AvgIpc) is 1.95. The maximum absolute atomic E-state index is 5.27. The molecule has 1 rings (SSSR count). The van der Waals surface area contributed by atoms with Gasteiger partial charge in [-0.15, -0.1) is 0 Å². The summed E-state index contributed by atoms with van der Waals surface area (Å²) in [5.41, 5.74) is 0.246. The van der Waals surface area contributed by atoms with E-state index in [1.54, 1.807) is 0 Å². The van der Waals surface area contributed by atoms with Crippen LogP contribution in [0.1, 0.15) is 27.2 Å². The molecule has 0 amide bonds. The highest BCUT2D eigenvalue weighted by Gasteiger charge is 2.41. The molecule has 70 valence electrons. The van der Waals surface area contributed by atoms with E-state index in [2.05, 4.69) is 32.3 Å². The van der Waals surface area contributed by atoms with Crippen molar-refractivity contribution in [2.24, 2.45) is 0 Å². The number of hydrogen-bond donors (Lipinski definition) is 0. The lowest BCUT2D eigenvalue weighted by atomic mass is 9.91. The van der Waals surface area contributed by atoms with Gasteiger partial charge < -0.3 is 9.64 Å². The summed E-state index contributed by atoms with van der Waals surface area (Å²) in [7, 11) is 0. The van der Waals surface area contributed by atoms with Crippen LogP contribution in [-0.2, 0) is 4.74 Å². The van der Waals surface area contributed by atoms with Gasteiger partial charge in [-0.25, -0.2) is 0 Å². The molecule has 0 atom stereocenters. The normalized spacial score (nSPS) is 20.3. The SMILES string of the molecule is C=CN(C(C)C)C1(CC)COC1. The van der Waals surface area contributed by atoms with E-state index in [1.165, 1.54) is 0 Å². The van der Waals surface area contributed by atoms with E-state index in [0.29, 0.717) is 6.04 Å². The number of nitrogens with zero attached hydrogens (tertiary/aromatic N) is 1. The van der Waals surface area contributed by atoms with Gasteiger partial charge in [-0.2, -0.15) is 0 Å². The first-order valence-corrected chi connectivity index (χ1v) is 4.65. The molecule has 0 aromatic carbocycles. The molecule has 1 aliphatic heterocycles. The van der Waals surface area contributed by atoms with Gasteiger partial charge in [-0.1, -0.05) is 13.5 Å². The van der Waals surface area contributed by atoms with E-state index in [-0.39, 0.29) is 5.54 Å². The van der Waals surface area contributed by atoms with Crippen molar-refractivity contribution < 1.29 is 4.74 Å². The molecule has 1 fully saturated rings. The molecular formula is C10H19NO. The van der Waals surface area contributed by atoms with Gasteiger partial charge in [0.2, 0.25) is 0 Å². The minimum absolute atomic E-state index is 0.246. The molecule has 2 heteroatoms. The molecule has 0 spiro atoms. The van der Waals surface area contributed by atoms with Crippen LogP contribution in [0.3, 0.4) is 0 Å². The molecule has 2 nitrogen and oxygen atoms in total. The zero-order valence-corrected chi connectivity index (χ0v) is 8.34. The summed E-state index contributed by atoms with van der Waals surface area (Å²) < 4.78 is 5.27. The Labute approximate surface area is 75.2 Å². The monoisotopic (exact) mass is 169 g/mol. The van der Waals surface area contributed by atoms with Crippen molar-refractivity contribution in [3.8, 4) is 0 Å². The molecule has 0 radical (unpaired) electrons. The Balaban J connectivity index is 2.68. The minimum atomic E-state index is 0.246. The van der Waals surface area contributed by atoms with Crippen LogP contribution in [0.5, 0.6) is 0 Å². The van der Waals surface area contributed by atoms with Crippen molar-refractivity contribution in [2.45, 2.75) is 38.8 Å². The largest absolute Gasteiger partial charge is 0.376 e. The molecule has 12 heavy (non-hydrogen) atoms. The Morgan fingerprint density at radius 2 is 2.17 bits per heavy atom. The van der Waals surface area contributed by atoms with E-state index in [1.807, 2.05) is 6.20 Å². The molecule has 0 aromatic rings. The second kappa shape index (κ2) is 3.48. The Hall–Kier alpha value is -0.500. The zero-order chi connectivity index (χ0) is 9.19. The van der Waals surface area contributed by atoms with Crippen molar-refractivity contribution >= 4 is 0 Å². The van der Waals surface area contributed by atoms with Crippen LogP contribution >= 0.6 is 0 Å². The first kappa shape index (κ1) is 9.59. The van der Waals surface area contributed by atoms with Gasteiger partial charge >= 0.3 is 0 Å². The molecule has 0 N–H and O–H groups in total. The van der Waals surface area contributed by atoms with Crippen LogP contribution < -0.4 is 0 Å². The van der Waals surface area contributed by atoms with Crippen molar-refractivity contribution in [2.75, 3.05) is 13.2 Å². The molecule has 0 aliphatic carbocycles. The molecule has 1 aliphatic rings. The van der Waals surface area contributed by atoms with E-state index < -0.39 is 0 Å². The quantitative estimate of drug-likeness (QED) is 0.638. The molecule has 0 bridgehead atoms. The number of hydrogen-bond acceptors (Lipinski definition) is 2. The molecular weight excluding hydrogens is 150 g/mol. The third-order valence-electron chi connectivity index (χ3n) is 2.70. The Morgan fingerprint density at radius 3 is 2.25 bits per heavy atom. The Morgan fingerprint density at radius 1 is 1.58 bits per heavy atom. The van der Waals surface area contributed by atoms with Crippen molar-refractivity contribution in [3.63, 3.8) is 0 Å². The average molecular weight is 169 g/mol. The topological polar surface area (TPSA) is 12.5 Å². The fourth-order valence-electron chi connectivity index (χ4n) is 1.83. The second-order valence-corrected chi connectivity index (χ2v) is 3.75. The van der Waals surface area contributed by atoms with Crippen molar-refractivity contribution in [1.82, 2.24) is 4.90 Å². The lowest BCUT2D eigenvalue weighted by Crippen LogP contribution is -2.61. The summed E-state index contributed by atoms with van der Waals surface area (Å²) in [5, 5.41) is 0. The Kier molecular flexibility index (Phi) is 2.78. The molecule has 1 heterocycles. The van der Waals surface area contributed by atoms with Gasteiger partial charge in [0.25, 0.3) is 0 Å². The second-order valence-electron chi connectivity index (χ2n) is 3.75. The third kappa shape index (κ3) is 1.36.